The molecule has 10 nitrogen and oxygen atoms in total. The van der Waals surface area contributed by atoms with E-state index in [2.05, 4.69) is 5.32 Å². The minimum atomic E-state index is -1.14. The van der Waals surface area contributed by atoms with Crippen LogP contribution in [0.4, 0.5) is 0 Å². The first kappa shape index (κ1) is 26.0. The van der Waals surface area contributed by atoms with E-state index in [1.54, 1.807) is 0 Å². The Labute approximate surface area is 165 Å². The van der Waals surface area contributed by atoms with Gasteiger partial charge in [-0.15, -0.1) is 0 Å². The first-order valence-corrected chi connectivity index (χ1v) is 9.49. The third-order valence-corrected chi connectivity index (χ3v) is 4.24. The number of carboxylic acid groups (broad SMARTS) is 2. The van der Waals surface area contributed by atoms with Gasteiger partial charge in [0.05, 0.1) is 12.6 Å². The highest BCUT2D eigenvalue weighted by Crippen LogP contribution is 2.14. The molecule has 0 aromatic carbocycles. The molecule has 28 heavy (non-hydrogen) atoms. The maximum absolute atomic E-state index is 12.0. The van der Waals surface area contributed by atoms with Crippen LogP contribution in [0.1, 0.15) is 51.9 Å². The second-order valence-corrected chi connectivity index (χ2v) is 6.84. The number of carbonyl (C=O) groups is 4. The fourth-order valence-electron chi connectivity index (χ4n) is 2.52. The van der Waals surface area contributed by atoms with Gasteiger partial charge < -0.3 is 31.7 Å². The van der Waals surface area contributed by atoms with Crippen LogP contribution in [0.25, 0.3) is 0 Å². The zero-order chi connectivity index (χ0) is 21.5. The number of rotatable bonds is 17. The van der Waals surface area contributed by atoms with E-state index in [1.807, 2.05) is 6.92 Å². The molecule has 0 rings (SSSR count). The Morgan fingerprint density at radius 1 is 0.929 bits per heavy atom. The predicted octanol–water partition coefficient (Wildman–Crippen LogP) is -0.121. The Bertz CT molecular complexity index is 513. The molecule has 0 aliphatic carbocycles. The van der Waals surface area contributed by atoms with Crippen molar-refractivity contribution in [2.75, 3.05) is 19.8 Å². The summed E-state index contributed by atoms with van der Waals surface area (Å²) in [4.78, 5) is 44.4. The lowest BCUT2D eigenvalue weighted by Gasteiger charge is -2.15. The van der Waals surface area contributed by atoms with Crippen LogP contribution < -0.4 is 16.8 Å². The third kappa shape index (κ3) is 13.2. The zero-order valence-electron chi connectivity index (χ0n) is 16.4. The topological polar surface area (TPSA) is 182 Å². The van der Waals surface area contributed by atoms with Crippen molar-refractivity contribution >= 4 is 23.6 Å². The smallest absolute Gasteiger partial charge is 0.322 e. The molecule has 10 heteroatoms. The average Bonchev–Trinajstić information content (AvgIpc) is 2.64. The van der Waals surface area contributed by atoms with Gasteiger partial charge in [0.2, 0.25) is 5.91 Å². The van der Waals surface area contributed by atoms with Gasteiger partial charge in [0, 0.05) is 18.9 Å². The van der Waals surface area contributed by atoms with Gasteiger partial charge in [-0.3, -0.25) is 19.2 Å². The van der Waals surface area contributed by atoms with Crippen molar-refractivity contribution in [1.82, 2.24) is 5.32 Å². The highest BCUT2D eigenvalue weighted by atomic mass is 16.5. The number of aliphatic carboxylic acids is 2. The molecule has 0 aliphatic heterocycles. The molecule has 1 amide bonds. The highest BCUT2D eigenvalue weighted by Gasteiger charge is 2.20. The molecule has 0 aromatic heterocycles. The Balaban J connectivity index is 3.70. The van der Waals surface area contributed by atoms with Crippen LogP contribution >= 0.6 is 0 Å². The summed E-state index contributed by atoms with van der Waals surface area (Å²) < 4.78 is 5.32. The highest BCUT2D eigenvalue weighted by molar-refractivity contribution is 5.86. The summed E-state index contributed by atoms with van der Waals surface area (Å²) in [5, 5.41) is 19.3. The summed E-state index contributed by atoms with van der Waals surface area (Å²) in [6.45, 7) is 1.79. The molecule has 0 saturated heterocycles. The fourth-order valence-corrected chi connectivity index (χ4v) is 2.52. The standard InChI is InChI=1S/C18H33N3O7/c1-12(17(26)13(19)7-8-15(22)23)6-4-2-3-5-9-28-11-14(20)18(27)21-10-16(24)25/h12-14H,2-11,19-20H2,1H3,(H,21,27)(H,22,23)(H,24,25)/t12?,13-,14-/m0/s1. The van der Waals surface area contributed by atoms with Crippen LogP contribution in [0, 0.1) is 5.92 Å². The van der Waals surface area contributed by atoms with E-state index in [1.165, 1.54) is 0 Å². The van der Waals surface area contributed by atoms with Crippen LogP contribution in [0.2, 0.25) is 0 Å². The lowest BCUT2D eigenvalue weighted by Crippen LogP contribution is -2.45. The van der Waals surface area contributed by atoms with Crippen molar-refractivity contribution in [3.05, 3.63) is 0 Å². The van der Waals surface area contributed by atoms with Crippen molar-refractivity contribution < 1.29 is 34.1 Å². The number of amides is 1. The van der Waals surface area contributed by atoms with Crippen molar-refractivity contribution in [3.8, 4) is 0 Å². The Hall–Kier alpha value is -2.04. The Morgan fingerprint density at radius 2 is 1.57 bits per heavy atom. The number of carbonyl (C=O) groups excluding carboxylic acids is 2. The molecule has 7 N–H and O–H groups in total. The third-order valence-electron chi connectivity index (χ3n) is 4.24. The van der Waals surface area contributed by atoms with E-state index in [4.69, 9.17) is 26.4 Å². The molecule has 0 aromatic rings. The summed E-state index contributed by atoms with van der Waals surface area (Å²) >= 11 is 0. The first-order chi connectivity index (χ1) is 13.1. The van der Waals surface area contributed by atoms with Crippen molar-refractivity contribution in [2.45, 2.75) is 64.0 Å². The quantitative estimate of drug-likeness (QED) is 0.207. The number of hydrogen-bond donors (Lipinski definition) is 5. The largest absolute Gasteiger partial charge is 0.481 e. The molecule has 0 saturated carbocycles. The second kappa shape index (κ2) is 14.9. The van der Waals surface area contributed by atoms with Crippen molar-refractivity contribution in [3.63, 3.8) is 0 Å². The summed E-state index contributed by atoms with van der Waals surface area (Å²) in [7, 11) is 0. The minimum absolute atomic E-state index is 0.0191. The minimum Gasteiger partial charge on any atom is -0.481 e. The summed E-state index contributed by atoms with van der Waals surface area (Å²) in [5.74, 6) is -2.95. The Kier molecular flexibility index (Phi) is 13.9. The molecular formula is C18H33N3O7. The van der Waals surface area contributed by atoms with Crippen LogP contribution in [0.15, 0.2) is 0 Å². The maximum atomic E-state index is 12.0. The van der Waals surface area contributed by atoms with Gasteiger partial charge in [0.1, 0.15) is 12.6 Å². The number of ether oxygens (including phenoxy) is 1. The molecule has 1 unspecified atom stereocenters. The van der Waals surface area contributed by atoms with Gasteiger partial charge in [-0.05, 0) is 19.3 Å². The zero-order valence-corrected chi connectivity index (χ0v) is 16.4. The Morgan fingerprint density at radius 3 is 2.18 bits per heavy atom. The second-order valence-electron chi connectivity index (χ2n) is 6.84. The fraction of sp³-hybridized carbons (Fsp3) is 0.778. The molecule has 0 aliphatic rings. The van der Waals surface area contributed by atoms with E-state index in [-0.39, 0.29) is 31.1 Å². The van der Waals surface area contributed by atoms with Gasteiger partial charge in [0.15, 0.2) is 5.78 Å². The molecule has 162 valence electrons. The molecule has 0 fully saturated rings. The van der Waals surface area contributed by atoms with Crippen LogP contribution in [-0.2, 0) is 23.9 Å². The first-order valence-electron chi connectivity index (χ1n) is 9.49. The van der Waals surface area contributed by atoms with E-state index in [0.717, 1.165) is 25.7 Å². The normalized spacial score (nSPS) is 14.1. The van der Waals surface area contributed by atoms with Crippen molar-refractivity contribution in [1.29, 1.82) is 0 Å². The van der Waals surface area contributed by atoms with E-state index < -0.39 is 36.5 Å². The molecular weight excluding hydrogens is 370 g/mol. The maximum Gasteiger partial charge on any atom is 0.322 e. The van der Waals surface area contributed by atoms with Gasteiger partial charge in [-0.2, -0.15) is 0 Å². The molecule has 0 spiro atoms. The summed E-state index contributed by atoms with van der Waals surface area (Å²) in [5.41, 5.74) is 11.3. The monoisotopic (exact) mass is 403 g/mol. The SMILES string of the molecule is CC(CCCCCCOC[C@H](N)C(=O)NCC(=O)O)C(=O)[C@@H](N)CCC(=O)O. The molecule has 0 bridgehead atoms. The van der Waals surface area contributed by atoms with E-state index in [9.17, 15) is 19.2 Å². The van der Waals surface area contributed by atoms with E-state index in [0.29, 0.717) is 13.0 Å². The molecule has 0 heterocycles. The number of unbranched alkanes of at least 4 members (excludes halogenated alkanes) is 3. The number of ketones is 1. The number of nitrogens with two attached hydrogens (primary N) is 2. The average molecular weight is 403 g/mol. The van der Waals surface area contributed by atoms with E-state index >= 15 is 0 Å². The number of carboxylic acids is 2. The van der Waals surface area contributed by atoms with Crippen LogP contribution in [-0.4, -0.2) is 65.7 Å². The molecule has 3 atom stereocenters. The van der Waals surface area contributed by atoms with Crippen LogP contribution in [0.3, 0.4) is 0 Å². The number of nitrogens with one attached hydrogen (secondary N) is 1. The van der Waals surface area contributed by atoms with Gasteiger partial charge in [-0.1, -0.05) is 26.2 Å². The predicted molar refractivity (Wildman–Crippen MR) is 102 cm³/mol. The lowest BCUT2D eigenvalue weighted by molar-refractivity contribution is -0.138. The summed E-state index contributed by atoms with van der Waals surface area (Å²) in [6.07, 6.45) is 4.20. The lowest BCUT2D eigenvalue weighted by atomic mass is 9.92. The van der Waals surface area contributed by atoms with Gasteiger partial charge >= 0.3 is 11.9 Å². The number of hydrogen-bond acceptors (Lipinski definition) is 7. The van der Waals surface area contributed by atoms with Crippen molar-refractivity contribution in [2.24, 2.45) is 17.4 Å². The van der Waals surface area contributed by atoms with Gasteiger partial charge in [-0.25, -0.2) is 0 Å². The summed E-state index contributed by atoms with van der Waals surface area (Å²) in [6, 6.07) is -1.63. The van der Waals surface area contributed by atoms with Gasteiger partial charge in [0.25, 0.3) is 0 Å². The van der Waals surface area contributed by atoms with Crippen LogP contribution in [0.5, 0.6) is 0 Å². The molecule has 0 radical (unpaired) electrons. The number of Topliss-reactive ketones (excluding diaryl/α,β-unsaturated/α-hetero) is 1.